The van der Waals surface area contributed by atoms with Gasteiger partial charge in [0.05, 0.1) is 18.8 Å². The first-order valence-electron chi connectivity index (χ1n) is 11.3. The molecule has 0 atom stereocenters. The van der Waals surface area contributed by atoms with Crippen LogP contribution >= 0.6 is 0 Å². The Morgan fingerprint density at radius 2 is 1.61 bits per heavy atom. The zero-order valence-corrected chi connectivity index (χ0v) is 18.2. The van der Waals surface area contributed by atoms with Gasteiger partial charge < -0.3 is 15.2 Å². The van der Waals surface area contributed by atoms with Crippen LogP contribution in [0.1, 0.15) is 86.4 Å². The van der Waals surface area contributed by atoms with Gasteiger partial charge in [0.25, 0.3) is 0 Å². The Hall–Kier alpha value is -0.940. The lowest BCUT2D eigenvalue weighted by Crippen LogP contribution is -2.25. The van der Waals surface area contributed by atoms with Gasteiger partial charge in [0.1, 0.15) is 5.78 Å². The first-order chi connectivity index (χ1) is 13.3. The Morgan fingerprint density at radius 3 is 2.00 bits per heavy atom. The van der Waals surface area contributed by atoms with Gasteiger partial charge in [-0.3, -0.25) is 9.59 Å². The van der Waals surface area contributed by atoms with Gasteiger partial charge in [0.15, 0.2) is 0 Å². The van der Waals surface area contributed by atoms with E-state index >= 15 is 0 Å². The fraction of sp³-hybridized carbons (Fsp3) is 0.913. The summed E-state index contributed by atoms with van der Waals surface area (Å²) in [5, 5.41) is 0. The summed E-state index contributed by atoms with van der Waals surface area (Å²) in [7, 11) is 0. The van der Waals surface area contributed by atoms with Crippen LogP contribution in [-0.2, 0) is 19.1 Å². The van der Waals surface area contributed by atoms with Gasteiger partial charge >= 0.3 is 0 Å². The second-order valence-corrected chi connectivity index (χ2v) is 9.62. The number of carbonyl (C=O) groups excluding carboxylic acids is 2. The van der Waals surface area contributed by atoms with Crippen LogP contribution in [0.15, 0.2) is 0 Å². The van der Waals surface area contributed by atoms with E-state index in [1.54, 1.807) is 0 Å². The molecule has 0 aromatic heterocycles. The van der Waals surface area contributed by atoms with Crippen LogP contribution < -0.4 is 5.73 Å². The second-order valence-electron chi connectivity index (χ2n) is 9.62. The van der Waals surface area contributed by atoms with Crippen LogP contribution in [0.4, 0.5) is 0 Å². The minimum absolute atomic E-state index is 0. The minimum Gasteiger partial charge on any atom is -0.381 e. The lowest BCUT2D eigenvalue weighted by atomic mass is 9.79. The van der Waals surface area contributed by atoms with E-state index in [4.69, 9.17) is 15.2 Å². The van der Waals surface area contributed by atoms with E-state index in [1.165, 1.54) is 44.9 Å². The SMILES string of the molecule is CC(C)C(=O)C1CCC1.CC1(OCC2CCC(COCCC(N)=O)CC2)CC1.[HH]. The molecule has 0 aliphatic heterocycles. The monoisotopic (exact) mass is 397 g/mol. The van der Waals surface area contributed by atoms with Crippen molar-refractivity contribution in [3.63, 3.8) is 0 Å². The van der Waals surface area contributed by atoms with Gasteiger partial charge in [-0.1, -0.05) is 20.3 Å². The minimum atomic E-state index is -0.283. The number of primary amides is 1. The Kier molecular flexibility index (Phi) is 9.42. The summed E-state index contributed by atoms with van der Waals surface area (Å²) in [6, 6.07) is 0. The number of ether oxygens (including phenoxy) is 2. The maximum atomic E-state index is 11.1. The molecule has 3 rings (SSSR count). The third-order valence-electron chi connectivity index (χ3n) is 6.51. The smallest absolute Gasteiger partial charge is 0.219 e. The zero-order chi connectivity index (χ0) is 20.6. The van der Waals surface area contributed by atoms with Crippen molar-refractivity contribution < 1.29 is 20.5 Å². The quantitative estimate of drug-likeness (QED) is 0.550. The normalized spacial score (nSPS) is 26.1. The van der Waals surface area contributed by atoms with Gasteiger partial charge in [-0.25, -0.2) is 0 Å². The standard InChI is InChI=1S/C15H27NO3.C8H14O.H2/c1-15(7-8-15)19-11-13-4-2-12(3-5-13)10-18-9-6-14(16)17;1-6(2)8(9)7-4-3-5-7;/h12-13H,2-11H2,1H3,(H2,16,17);6-7H,3-5H2,1-2H3;1H. The maximum Gasteiger partial charge on any atom is 0.219 e. The van der Waals surface area contributed by atoms with E-state index in [-0.39, 0.29) is 18.9 Å². The molecule has 0 heterocycles. The summed E-state index contributed by atoms with van der Waals surface area (Å²) in [6.07, 6.45) is 11.3. The first kappa shape index (κ1) is 23.3. The Balaban J connectivity index is 0.000000355. The van der Waals surface area contributed by atoms with Gasteiger partial charge in [-0.15, -0.1) is 0 Å². The molecule has 3 fully saturated rings. The lowest BCUT2D eigenvalue weighted by molar-refractivity contribution is -0.128. The van der Waals surface area contributed by atoms with Gasteiger partial charge in [-0.2, -0.15) is 0 Å². The highest BCUT2D eigenvalue weighted by molar-refractivity contribution is 5.83. The maximum absolute atomic E-state index is 11.1. The molecular weight excluding hydrogens is 354 g/mol. The number of Topliss-reactive ketones (excluding diaryl/α,β-unsaturated/α-hetero) is 1. The topological polar surface area (TPSA) is 78.6 Å². The largest absolute Gasteiger partial charge is 0.381 e. The molecule has 0 aromatic rings. The van der Waals surface area contributed by atoms with Crippen LogP contribution in [0, 0.1) is 23.7 Å². The van der Waals surface area contributed by atoms with Crippen molar-refractivity contribution >= 4 is 11.7 Å². The number of hydrogen-bond acceptors (Lipinski definition) is 4. The second kappa shape index (κ2) is 11.3. The highest BCUT2D eigenvalue weighted by Gasteiger charge is 2.39. The molecule has 0 bridgehead atoms. The molecule has 0 aromatic carbocycles. The summed E-state index contributed by atoms with van der Waals surface area (Å²) in [4.78, 5) is 21.7. The Bertz CT molecular complexity index is 495. The number of rotatable bonds is 10. The number of ketones is 1. The van der Waals surface area contributed by atoms with Crippen molar-refractivity contribution in [3.05, 3.63) is 0 Å². The molecule has 28 heavy (non-hydrogen) atoms. The molecular formula is C23H43NO4. The number of carbonyl (C=O) groups is 2. The number of hydrogen-bond donors (Lipinski definition) is 1. The molecule has 0 spiro atoms. The summed E-state index contributed by atoms with van der Waals surface area (Å²) >= 11 is 0. The predicted octanol–water partition coefficient (Wildman–Crippen LogP) is 4.51. The van der Waals surface area contributed by atoms with Crippen molar-refractivity contribution in [2.75, 3.05) is 19.8 Å². The van der Waals surface area contributed by atoms with Gasteiger partial charge in [0.2, 0.25) is 5.91 Å². The Morgan fingerprint density at radius 1 is 1.04 bits per heavy atom. The van der Waals surface area contributed by atoms with Crippen molar-refractivity contribution in [2.45, 2.75) is 90.6 Å². The molecule has 3 aliphatic rings. The van der Waals surface area contributed by atoms with Crippen LogP contribution in [0.5, 0.6) is 0 Å². The third-order valence-corrected chi connectivity index (χ3v) is 6.51. The molecule has 0 radical (unpaired) electrons. The highest BCUT2D eigenvalue weighted by atomic mass is 16.5. The molecule has 1 amide bonds. The van der Waals surface area contributed by atoms with E-state index in [0.717, 1.165) is 32.0 Å². The van der Waals surface area contributed by atoms with Crippen LogP contribution in [0.2, 0.25) is 0 Å². The summed E-state index contributed by atoms with van der Waals surface area (Å²) in [5.74, 6) is 2.27. The van der Waals surface area contributed by atoms with E-state index < -0.39 is 0 Å². The molecule has 2 N–H and O–H groups in total. The van der Waals surface area contributed by atoms with Crippen LogP contribution in [0.3, 0.4) is 0 Å². The van der Waals surface area contributed by atoms with E-state index in [2.05, 4.69) is 6.92 Å². The van der Waals surface area contributed by atoms with Crippen molar-refractivity contribution in [1.29, 1.82) is 0 Å². The van der Waals surface area contributed by atoms with Gasteiger partial charge in [0, 0.05) is 26.3 Å². The van der Waals surface area contributed by atoms with Crippen LogP contribution in [-0.4, -0.2) is 37.1 Å². The fourth-order valence-electron chi connectivity index (χ4n) is 3.79. The molecule has 0 saturated heterocycles. The van der Waals surface area contributed by atoms with Gasteiger partial charge in [-0.05, 0) is 70.1 Å². The summed E-state index contributed by atoms with van der Waals surface area (Å²) in [6.45, 7) is 8.37. The molecule has 5 heteroatoms. The lowest BCUT2D eigenvalue weighted by Gasteiger charge is -2.29. The average molecular weight is 398 g/mol. The molecule has 3 saturated carbocycles. The van der Waals surface area contributed by atoms with E-state index in [0.29, 0.717) is 30.6 Å². The van der Waals surface area contributed by atoms with Crippen molar-refractivity contribution in [2.24, 2.45) is 29.4 Å². The van der Waals surface area contributed by atoms with E-state index in [1.807, 2.05) is 13.8 Å². The summed E-state index contributed by atoms with van der Waals surface area (Å²) < 4.78 is 11.5. The zero-order valence-electron chi connectivity index (χ0n) is 18.2. The molecule has 164 valence electrons. The van der Waals surface area contributed by atoms with Crippen LogP contribution in [0.25, 0.3) is 0 Å². The highest BCUT2D eigenvalue weighted by Crippen LogP contribution is 2.40. The Labute approximate surface area is 172 Å². The van der Waals surface area contributed by atoms with Crippen molar-refractivity contribution in [1.82, 2.24) is 0 Å². The molecule has 0 unspecified atom stereocenters. The third kappa shape index (κ3) is 8.60. The predicted molar refractivity (Wildman–Crippen MR) is 113 cm³/mol. The van der Waals surface area contributed by atoms with E-state index in [9.17, 15) is 9.59 Å². The molecule has 5 nitrogen and oxygen atoms in total. The average Bonchev–Trinajstić information content (AvgIpc) is 3.35. The molecule has 3 aliphatic carbocycles. The first-order valence-corrected chi connectivity index (χ1v) is 11.3. The summed E-state index contributed by atoms with van der Waals surface area (Å²) in [5.41, 5.74) is 5.29. The number of amides is 1. The fourth-order valence-corrected chi connectivity index (χ4v) is 3.79. The number of nitrogens with two attached hydrogens (primary N) is 1. The van der Waals surface area contributed by atoms with Crippen molar-refractivity contribution in [3.8, 4) is 0 Å².